The van der Waals surface area contributed by atoms with Crippen LogP contribution < -0.4 is 5.32 Å². The van der Waals surface area contributed by atoms with Gasteiger partial charge < -0.3 is 19.5 Å². The highest BCUT2D eigenvalue weighted by Crippen LogP contribution is 2.37. The van der Waals surface area contributed by atoms with E-state index in [1.807, 2.05) is 53.6 Å². The number of urea groups is 1. The molecule has 1 aromatic heterocycles. The lowest BCUT2D eigenvalue weighted by atomic mass is 10.0. The number of benzene rings is 2. The van der Waals surface area contributed by atoms with Crippen molar-refractivity contribution in [1.29, 1.82) is 0 Å². The van der Waals surface area contributed by atoms with E-state index in [9.17, 15) is 4.79 Å². The molecular weight excluding hydrogens is 386 g/mol. The molecule has 6 heteroatoms. The van der Waals surface area contributed by atoms with E-state index < -0.39 is 0 Å². The maximum Gasteiger partial charge on any atom is 0.318 e. The maximum absolute atomic E-state index is 13.3. The first kappa shape index (κ1) is 19.6. The van der Waals surface area contributed by atoms with Crippen molar-refractivity contribution in [2.45, 2.75) is 19.0 Å². The summed E-state index contributed by atoms with van der Waals surface area (Å²) in [5.41, 5.74) is 4.21. The molecule has 5 nitrogen and oxygen atoms in total. The van der Waals surface area contributed by atoms with Gasteiger partial charge in [-0.2, -0.15) is 0 Å². The van der Waals surface area contributed by atoms with E-state index in [1.54, 1.807) is 7.11 Å². The molecule has 0 spiro atoms. The average molecular weight is 410 g/mol. The Morgan fingerprint density at radius 2 is 2.03 bits per heavy atom. The van der Waals surface area contributed by atoms with Crippen molar-refractivity contribution in [3.8, 4) is 5.69 Å². The molecule has 0 saturated carbocycles. The largest absolute Gasteiger partial charge is 0.385 e. The van der Waals surface area contributed by atoms with Crippen LogP contribution in [0.15, 0.2) is 66.9 Å². The zero-order chi connectivity index (χ0) is 20.2. The molecule has 1 atom stereocenters. The molecule has 150 valence electrons. The number of amides is 2. The van der Waals surface area contributed by atoms with Crippen LogP contribution >= 0.6 is 11.6 Å². The number of methoxy groups -OCH3 is 1. The van der Waals surface area contributed by atoms with Gasteiger partial charge in [-0.1, -0.05) is 41.9 Å². The average Bonchev–Trinajstić information content (AvgIpc) is 3.15. The minimum absolute atomic E-state index is 0.101. The van der Waals surface area contributed by atoms with Gasteiger partial charge in [-0.15, -0.1) is 0 Å². The Bertz CT molecular complexity index is 1000. The van der Waals surface area contributed by atoms with Gasteiger partial charge in [0.1, 0.15) is 0 Å². The number of para-hydroxylation sites is 1. The number of rotatable bonds is 5. The number of carbonyl (C=O) groups excluding carboxylic acids is 1. The molecule has 0 bridgehead atoms. The molecule has 1 aliphatic heterocycles. The number of hydrogen-bond donors (Lipinski definition) is 1. The van der Waals surface area contributed by atoms with Crippen LogP contribution in [0.5, 0.6) is 0 Å². The minimum atomic E-state index is -0.251. The number of hydrogen-bond acceptors (Lipinski definition) is 2. The van der Waals surface area contributed by atoms with E-state index in [-0.39, 0.29) is 12.1 Å². The lowest BCUT2D eigenvalue weighted by molar-refractivity contribution is 0.174. The van der Waals surface area contributed by atoms with E-state index in [0.29, 0.717) is 24.7 Å². The van der Waals surface area contributed by atoms with Gasteiger partial charge in [0.15, 0.2) is 0 Å². The fourth-order valence-corrected chi connectivity index (χ4v) is 4.08. The van der Waals surface area contributed by atoms with Crippen LogP contribution in [0.3, 0.4) is 0 Å². The van der Waals surface area contributed by atoms with Gasteiger partial charge in [0.05, 0.1) is 18.3 Å². The molecule has 2 amide bonds. The molecule has 29 heavy (non-hydrogen) atoms. The van der Waals surface area contributed by atoms with Crippen LogP contribution in [0.4, 0.5) is 4.79 Å². The first-order valence-electron chi connectivity index (χ1n) is 9.73. The second-order valence-corrected chi connectivity index (χ2v) is 7.53. The van der Waals surface area contributed by atoms with Crippen molar-refractivity contribution in [2.24, 2.45) is 0 Å². The first-order chi connectivity index (χ1) is 14.2. The fraction of sp³-hybridized carbons (Fsp3) is 0.261. The van der Waals surface area contributed by atoms with Gasteiger partial charge in [-0.3, -0.25) is 0 Å². The molecule has 1 aliphatic rings. The van der Waals surface area contributed by atoms with E-state index in [2.05, 4.69) is 28.1 Å². The second kappa shape index (κ2) is 8.72. The number of nitrogens with one attached hydrogen (secondary N) is 1. The predicted octanol–water partition coefficient (Wildman–Crippen LogP) is 4.78. The van der Waals surface area contributed by atoms with Gasteiger partial charge >= 0.3 is 6.03 Å². The Hall–Kier alpha value is -2.76. The summed E-state index contributed by atoms with van der Waals surface area (Å²) >= 11 is 6.30. The SMILES string of the molecule is COCCCNC(=O)N1Cc2ccccc2-n2cccc2C1c1cccc(Cl)c1. The fourth-order valence-electron chi connectivity index (χ4n) is 3.88. The third kappa shape index (κ3) is 4.02. The lowest BCUT2D eigenvalue weighted by Gasteiger charge is -2.31. The third-order valence-corrected chi connectivity index (χ3v) is 5.43. The quantitative estimate of drug-likeness (QED) is 0.616. The molecule has 4 rings (SSSR count). The van der Waals surface area contributed by atoms with Crippen molar-refractivity contribution in [1.82, 2.24) is 14.8 Å². The molecule has 1 unspecified atom stereocenters. The lowest BCUT2D eigenvalue weighted by Crippen LogP contribution is -2.42. The Labute approximate surface area is 175 Å². The first-order valence-corrected chi connectivity index (χ1v) is 10.1. The molecule has 2 heterocycles. The Morgan fingerprint density at radius 1 is 1.17 bits per heavy atom. The summed E-state index contributed by atoms with van der Waals surface area (Å²) in [6, 6.07) is 19.7. The Balaban J connectivity index is 1.77. The van der Waals surface area contributed by atoms with Crippen LogP contribution in [0.2, 0.25) is 5.02 Å². The second-order valence-electron chi connectivity index (χ2n) is 7.10. The molecule has 1 N–H and O–H groups in total. The van der Waals surface area contributed by atoms with Crippen molar-refractivity contribution >= 4 is 17.6 Å². The van der Waals surface area contributed by atoms with Gasteiger partial charge in [-0.05, 0) is 47.9 Å². The standard InChI is InChI=1S/C23H24ClN3O2/c1-29-14-6-12-25-23(28)27-16-18-7-2-3-10-20(18)26-13-5-11-21(26)22(27)17-8-4-9-19(24)15-17/h2-5,7-11,13,15,22H,6,12,14,16H2,1H3,(H,25,28). The normalized spacial score (nSPS) is 15.4. The van der Waals surface area contributed by atoms with Gasteiger partial charge in [0.2, 0.25) is 0 Å². The Kier molecular flexibility index (Phi) is 5.88. The number of ether oxygens (including phenoxy) is 1. The molecule has 0 saturated heterocycles. The van der Waals surface area contributed by atoms with Crippen LogP contribution in [0, 0.1) is 0 Å². The smallest absolute Gasteiger partial charge is 0.318 e. The number of fused-ring (bicyclic) bond motifs is 3. The predicted molar refractivity (Wildman–Crippen MR) is 114 cm³/mol. The summed E-state index contributed by atoms with van der Waals surface area (Å²) < 4.78 is 7.26. The summed E-state index contributed by atoms with van der Waals surface area (Å²) in [5, 5.41) is 3.70. The van der Waals surface area contributed by atoms with Gasteiger partial charge in [0.25, 0.3) is 0 Å². The number of nitrogens with zero attached hydrogens (tertiary/aromatic N) is 2. The summed E-state index contributed by atoms with van der Waals surface area (Å²) in [6.07, 6.45) is 2.82. The summed E-state index contributed by atoms with van der Waals surface area (Å²) in [4.78, 5) is 15.1. The van der Waals surface area contributed by atoms with E-state index in [1.165, 1.54) is 0 Å². The molecular formula is C23H24ClN3O2. The summed E-state index contributed by atoms with van der Waals surface area (Å²) in [5.74, 6) is 0. The van der Waals surface area contributed by atoms with Crippen molar-refractivity contribution in [2.75, 3.05) is 20.3 Å². The van der Waals surface area contributed by atoms with Crippen molar-refractivity contribution in [3.05, 3.63) is 88.7 Å². The summed E-state index contributed by atoms with van der Waals surface area (Å²) in [6.45, 7) is 1.68. The minimum Gasteiger partial charge on any atom is -0.385 e. The van der Waals surface area contributed by atoms with Gasteiger partial charge in [-0.25, -0.2) is 4.79 Å². The topological polar surface area (TPSA) is 46.5 Å². The highest BCUT2D eigenvalue weighted by Gasteiger charge is 2.32. The molecule has 0 aliphatic carbocycles. The van der Waals surface area contributed by atoms with Crippen molar-refractivity contribution in [3.63, 3.8) is 0 Å². The van der Waals surface area contributed by atoms with Crippen LogP contribution in [0.1, 0.15) is 29.3 Å². The van der Waals surface area contributed by atoms with E-state index in [4.69, 9.17) is 16.3 Å². The summed E-state index contributed by atoms with van der Waals surface area (Å²) in [7, 11) is 1.66. The molecule has 3 aromatic rings. The molecule has 2 aromatic carbocycles. The number of carbonyl (C=O) groups is 1. The van der Waals surface area contributed by atoms with E-state index >= 15 is 0 Å². The van der Waals surface area contributed by atoms with Gasteiger partial charge in [0, 0.05) is 37.2 Å². The zero-order valence-corrected chi connectivity index (χ0v) is 17.1. The molecule has 0 fully saturated rings. The van der Waals surface area contributed by atoms with Crippen molar-refractivity contribution < 1.29 is 9.53 Å². The van der Waals surface area contributed by atoms with E-state index in [0.717, 1.165) is 28.9 Å². The number of halogens is 1. The highest BCUT2D eigenvalue weighted by atomic mass is 35.5. The third-order valence-electron chi connectivity index (χ3n) is 5.19. The highest BCUT2D eigenvalue weighted by molar-refractivity contribution is 6.30. The monoisotopic (exact) mass is 409 g/mol. The van der Waals surface area contributed by atoms with Crippen LogP contribution in [-0.2, 0) is 11.3 Å². The number of aromatic nitrogens is 1. The maximum atomic E-state index is 13.3. The molecule has 0 radical (unpaired) electrons. The van der Waals surface area contributed by atoms with Crippen LogP contribution in [-0.4, -0.2) is 35.8 Å². The van der Waals surface area contributed by atoms with Crippen LogP contribution in [0.25, 0.3) is 5.69 Å². The zero-order valence-electron chi connectivity index (χ0n) is 16.3. The Morgan fingerprint density at radius 3 is 2.86 bits per heavy atom.